The molecule has 1 aromatic carbocycles. The van der Waals surface area contributed by atoms with Crippen LogP contribution in [0.2, 0.25) is 0 Å². The third-order valence-corrected chi connectivity index (χ3v) is 2.25. The number of methoxy groups -OCH3 is 1. The fraction of sp³-hybridized carbons (Fsp3) is 0.200. The maximum atomic E-state index is 5.58. The van der Waals surface area contributed by atoms with Gasteiger partial charge in [0.2, 0.25) is 0 Å². The van der Waals surface area contributed by atoms with Gasteiger partial charge in [-0.05, 0) is 34.1 Å². The van der Waals surface area contributed by atoms with Crippen LogP contribution in [0.15, 0.2) is 34.3 Å². The molecule has 0 heterocycles. The quantitative estimate of drug-likeness (QED) is 0.837. The van der Waals surface area contributed by atoms with Gasteiger partial charge in [-0.3, -0.25) is 0 Å². The molecule has 0 spiro atoms. The minimum Gasteiger partial charge on any atom is -0.497 e. The van der Waals surface area contributed by atoms with Gasteiger partial charge in [0, 0.05) is 5.03 Å². The van der Waals surface area contributed by atoms with Gasteiger partial charge in [-0.1, -0.05) is 18.2 Å². The van der Waals surface area contributed by atoms with Crippen LogP contribution in [0.4, 0.5) is 0 Å². The summed E-state index contributed by atoms with van der Waals surface area (Å²) in [5.74, 6) is 1.49. The lowest BCUT2D eigenvalue weighted by Gasteiger charge is -2.08. The summed E-state index contributed by atoms with van der Waals surface area (Å²) in [7, 11) is 1.61. The fourth-order valence-corrected chi connectivity index (χ4v) is 1.41. The minimum atomic E-state index is 0.298. The van der Waals surface area contributed by atoms with Crippen LogP contribution in [0.5, 0.6) is 11.5 Å². The maximum absolute atomic E-state index is 5.58. The molecule has 0 saturated heterocycles. The molecule has 0 radical (unpaired) electrons. The third-order valence-electron chi connectivity index (χ3n) is 1.52. The minimum absolute atomic E-state index is 0.298. The van der Waals surface area contributed by atoms with E-state index in [9.17, 15) is 0 Å². The highest BCUT2D eigenvalue weighted by atomic mass is 79.9. The molecule has 0 bridgehead atoms. The normalized spacial score (nSPS) is 9.64. The Labute approximate surface area is 96.6 Å². The number of rotatable bonds is 4. The average molecular weight is 278 g/mol. The van der Waals surface area contributed by atoms with Gasteiger partial charge in [-0.2, -0.15) is 0 Å². The first-order chi connectivity index (χ1) is 6.63. The standard InChI is InChI=1S/C10H10BrClO2/c1-7(12)6-14-10-4-3-8(13-2)5-9(10)11/h3-5H,1,6H2,2H3. The van der Waals surface area contributed by atoms with Crippen LogP contribution < -0.4 is 9.47 Å². The molecular formula is C10H10BrClO2. The van der Waals surface area contributed by atoms with Crippen LogP contribution in [0.1, 0.15) is 0 Å². The van der Waals surface area contributed by atoms with Gasteiger partial charge in [0.15, 0.2) is 0 Å². The molecule has 2 nitrogen and oxygen atoms in total. The zero-order valence-electron chi connectivity index (χ0n) is 7.72. The summed E-state index contributed by atoms with van der Waals surface area (Å²) in [6.07, 6.45) is 0. The van der Waals surface area contributed by atoms with E-state index < -0.39 is 0 Å². The SMILES string of the molecule is C=C(Cl)COc1ccc(OC)cc1Br. The molecule has 76 valence electrons. The van der Waals surface area contributed by atoms with Gasteiger partial charge >= 0.3 is 0 Å². The number of ether oxygens (including phenoxy) is 2. The van der Waals surface area contributed by atoms with Crippen molar-refractivity contribution in [3.63, 3.8) is 0 Å². The lowest BCUT2D eigenvalue weighted by molar-refractivity contribution is 0.355. The van der Waals surface area contributed by atoms with Crippen molar-refractivity contribution in [1.82, 2.24) is 0 Å². The van der Waals surface area contributed by atoms with E-state index >= 15 is 0 Å². The second kappa shape index (κ2) is 5.27. The Morgan fingerprint density at radius 3 is 2.79 bits per heavy atom. The number of halogens is 2. The van der Waals surface area contributed by atoms with E-state index in [2.05, 4.69) is 22.5 Å². The molecule has 0 fully saturated rings. The summed E-state index contributed by atoms with van der Waals surface area (Å²) in [5.41, 5.74) is 0. The largest absolute Gasteiger partial charge is 0.497 e. The topological polar surface area (TPSA) is 18.5 Å². The maximum Gasteiger partial charge on any atom is 0.134 e. The molecule has 0 atom stereocenters. The van der Waals surface area contributed by atoms with E-state index in [-0.39, 0.29) is 0 Å². The van der Waals surface area contributed by atoms with Crippen molar-refractivity contribution in [1.29, 1.82) is 0 Å². The van der Waals surface area contributed by atoms with Crippen LogP contribution in [0, 0.1) is 0 Å². The molecule has 0 saturated carbocycles. The van der Waals surface area contributed by atoms with Gasteiger partial charge in [-0.25, -0.2) is 0 Å². The van der Waals surface area contributed by atoms with Gasteiger partial charge < -0.3 is 9.47 Å². The van der Waals surface area contributed by atoms with Gasteiger partial charge in [0.05, 0.1) is 11.6 Å². The Kier molecular flexibility index (Phi) is 4.29. The van der Waals surface area contributed by atoms with Crippen molar-refractivity contribution < 1.29 is 9.47 Å². The predicted molar refractivity (Wildman–Crippen MR) is 61.2 cm³/mol. The Balaban J connectivity index is 2.73. The molecule has 0 amide bonds. The van der Waals surface area contributed by atoms with Crippen LogP contribution in [-0.2, 0) is 0 Å². The van der Waals surface area contributed by atoms with Crippen LogP contribution in [0.3, 0.4) is 0 Å². The van der Waals surface area contributed by atoms with Crippen molar-refractivity contribution in [3.8, 4) is 11.5 Å². The van der Waals surface area contributed by atoms with Gasteiger partial charge in [0.1, 0.15) is 18.1 Å². The van der Waals surface area contributed by atoms with E-state index in [0.29, 0.717) is 17.4 Å². The Morgan fingerprint density at radius 2 is 2.29 bits per heavy atom. The molecule has 4 heteroatoms. The van der Waals surface area contributed by atoms with E-state index in [1.54, 1.807) is 7.11 Å². The van der Waals surface area contributed by atoms with E-state index in [1.165, 1.54) is 0 Å². The second-order valence-electron chi connectivity index (χ2n) is 2.60. The lowest BCUT2D eigenvalue weighted by Crippen LogP contribution is -1.97. The summed E-state index contributed by atoms with van der Waals surface area (Å²) in [6.45, 7) is 3.83. The molecule has 1 rings (SSSR count). The summed E-state index contributed by atoms with van der Waals surface area (Å²) < 4.78 is 11.2. The molecule has 0 N–H and O–H groups in total. The van der Waals surface area contributed by atoms with Crippen LogP contribution in [0.25, 0.3) is 0 Å². The highest BCUT2D eigenvalue weighted by Gasteiger charge is 2.02. The zero-order valence-corrected chi connectivity index (χ0v) is 10.1. The second-order valence-corrected chi connectivity index (χ2v) is 3.99. The predicted octanol–water partition coefficient (Wildman–Crippen LogP) is 3.59. The van der Waals surface area contributed by atoms with Gasteiger partial charge in [0.25, 0.3) is 0 Å². The summed E-state index contributed by atoms with van der Waals surface area (Å²) in [5, 5.41) is 0.465. The smallest absolute Gasteiger partial charge is 0.134 e. The van der Waals surface area contributed by atoms with Crippen LogP contribution >= 0.6 is 27.5 Å². The number of benzene rings is 1. The molecule has 0 unspecified atom stereocenters. The molecule has 0 aliphatic carbocycles. The lowest BCUT2D eigenvalue weighted by atomic mass is 10.3. The Hall–Kier alpha value is -0.670. The van der Waals surface area contributed by atoms with E-state index in [1.807, 2.05) is 18.2 Å². The molecular weight excluding hydrogens is 267 g/mol. The highest BCUT2D eigenvalue weighted by molar-refractivity contribution is 9.10. The first-order valence-corrected chi connectivity index (χ1v) is 5.10. The van der Waals surface area contributed by atoms with Crippen molar-refractivity contribution in [2.75, 3.05) is 13.7 Å². The monoisotopic (exact) mass is 276 g/mol. The first kappa shape index (κ1) is 11.4. The number of hydrogen-bond donors (Lipinski definition) is 0. The number of hydrogen-bond acceptors (Lipinski definition) is 2. The first-order valence-electron chi connectivity index (χ1n) is 3.93. The van der Waals surface area contributed by atoms with Gasteiger partial charge in [-0.15, -0.1) is 0 Å². The van der Waals surface area contributed by atoms with Crippen molar-refractivity contribution in [2.24, 2.45) is 0 Å². The molecule has 1 aromatic rings. The summed E-state index contributed by atoms with van der Waals surface area (Å²) in [4.78, 5) is 0. The summed E-state index contributed by atoms with van der Waals surface area (Å²) >= 11 is 8.94. The molecule has 0 aromatic heterocycles. The third kappa shape index (κ3) is 3.24. The molecule has 14 heavy (non-hydrogen) atoms. The van der Waals surface area contributed by atoms with Crippen molar-refractivity contribution in [2.45, 2.75) is 0 Å². The zero-order chi connectivity index (χ0) is 10.6. The van der Waals surface area contributed by atoms with Crippen LogP contribution in [-0.4, -0.2) is 13.7 Å². The average Bonchev–Trinajstić information content (AvgIpc) is 2.15. The highest BCUT2D eigenvalue weighted by Crippen LogP contribution is 2.29. The van der Waals surface area contributed by atoms with Crippen molar-refractivity contribution >= 4 is 27.5 Å². The molecule has 0 aliphatic heterocycles. The fourth-order valence-electron chi connectivity index (χ4n) is 0.882. The van der Waals surface area contributed by atoms with E-state index in [4.69, 9.17) is 21.1 Å². The summed E-state index contributed by atoms with van der Waals surface area (Å²) in [6, 6.07) is 5.45. The molecule has 0 aliphatic rings. The Bertz CT molecular complexity index is 339. The van der Waals surface area contributed by atoms with Crippen molar-refractivity contribution in [3.05, 3.63) is 34.3 Å². The van der Waals surface area contributed by atoms with E-state index in [0.717, 1.165) is 10.2 Å². The Morgan fingerprint density at radius 1 is 1.57 bits per heavy atom.